The molecule has 0 amide bonds. The Bertz CT molecular complexity index is 346. The second-order valence-electron chi connectivity index (χ2n) is 4.59. The number of halogens is 1. The van der Waals surface area contributed by atoms with Crippen LogP contribution in [-0.2, 0) is 6.54 Å². The van der Waals surface area contributed by atoms with Gasteiger partial charge in [-0.05, 0) is 31.7 Å². The average Bonchev–Trinajstić information content (AvgIpc) is 2.81. The van der Waals surface area contributed by atoms with Gasteiger partial charge < -0.3 is 0 Å². The Morgan fingerprint density at radius 2 is 1.93 bits per heavy atom. The molecule has 2 aliphatic heterocycles. The van der Waals surface area contributed by atoms with Crippen molar-refractivity contribution in [2.45, 2.75) is 44.3 Å². The van der Waals surface area contributed by atoms with Crippen LogP contribution < -0.4 is 0 Å². The van der Waals surface area contributed by atoms with Crippen LogP contribution in [0, 0.1) is 5.95 Å². The van der Waals surface area contributed by atoms with E-state index in [0.29, 0.717) is 12.1 Å². The first-order chi connectivity index (χ1) is 7.34. The fourth-order valence-electron chi connectivity index (χ4n) is 3.01. The quantitative estimate of drug-likeness (QED) is 0.690. The number of fused-ring (bicyclic) bond motifs is 2. The minimum Gasteiger partial charge on any atom is -0.293 e. The van der Waals surface area contributed by atoms with Crippen molar-refractivity contribution in [2.75, 3.05) is 0 Å². The van der Waals surface area contributed by atoms with Gasteiger partial charge in [0, 0.05) is 30.4 Å². The molecule has 0 radical (unpaired) electrons. The van der Waals surface area contributed by atoms with Crippen LogP contribution in [0.4, 0.5) is 4.39 Å². The molecule has 0 unspecified atom stereocenters. The predicted octanol–water partition coefficient (Wildman–Crippen LogP) is 2.35. The van der Waals surface area contributed by atoms with Crippen molar-refractivity contribution in [3.8, 4) is 0 Å². The van der Waals surface area contributed by atoms with Crippen molar-refractivity contribution in [3.63, 3.8) is 0 Å². The predicted molar refractivity (Wildman–Crippen MR) is 55.8 cm³/mol. The summed E-state index contributed by atoms with van der Waals surface area (Å²) < 4.78 is 13.4. The molecule has 0 saturated carbocycles. The standard InChI is InChI=1S/C12H15FN2/c13-12-9(2-1-7-14-12)8-15-10-3-4-11(15)6-5-10/h1-2,7,10-11H,3-6,8H2. The molecule has 2 fully saturated rings. The van der Waals surface area contributed by atoms with E-state index in [1.807, 2.05) is 12.1 Å². The second kappa shape index (κ2) is 3.56. The molecule has 15 heavy (non-hydrogen) atoms. The van der Waals surface area contributed by atoms with Gasteiger partial charge in [0.15, 0.2) is 0 Å². The normalized spacial score (nSPS) is 29.9. The molecule has 0 spiro atoms. The third-order valence-electron chi connectivity index (χ3n) is 3.79. The van der Waals surface area contributed by atoms with E-state index in [1.165, 1.54) is 31.9 Å². The summed E-state index contributed by atoms with van der Waals surface area (Å²) >= 11 is 0. The maximum Gasteiger partial charge on any atom is 0.217 e. The molecule has 80 valence electrons. The van der Waals surface area contributed by atoms with Gasteiger partial charge in [0.1, 0.15) is 0 Å². The number of hydrogen-bond donors (Lipinski definition) is 0. The van der Waals surface area contributed by atoms with Crippen LogP contribution in [-0.4, -0.2) is 22.0 Å². The highest BCUT2D eigenvalue weighted by molar-refractivity contribution is 5.12. The molecular weight excluding hydrogens is 191 g/mol. The summed E-state index contributed by atoms with van der Waals surface area (Å²) in [6, 6.07) is 5.07. The zero-order valence-electron chi connectivity index (χ0n) is 8.69. The van der Waals surface area contributed by atoms with Gasteiger partial charge in [0.05, 0.1) is 0 Å². The average molecular weight is 206 g/mol. The van der Waals surface area contributed by atoms with Gasteiger partial charge in [-0.15, -0.1) is 0 Å². The van der Waals surface area contributed by atoms with Crippen molar-refractivity contribution < 1.29 is 4.39 Å². The number of aromatic nitrogens is 1. The van der Waals surface area contributed by atoms with Crippen LogP contribution in [0.1, 0.15) is 31.2 Å². The van der Waals surface area contributed by atoms with Crippen molar-refractivity contribution in [2.24, 2.45) is 0 Å². The van der Waals surface area contributed by atoms with E-state index in [2.05, 4.69) is 9.88 Å². The van der Waals surface area contributed by atoms with Gasteiger partial charge in [-0.3, -0.25) is 4.90 Å². The van der Waals surface area contributed by atoms with Gasteiger partial charge in [-0.2, -0.15) is 4.39 Å². The summed E-state index contributed by atoms with van der Waals surface area (Å²) in [5.74, 6) is -0.302. The Hall–Kier alpha value is -0.960. The Kier molecular flexibility index (Phi) is 2.20. The Balaban J connectivity index is 1.78. The topological polar surface area (TPSA) is 16.1 Å². The summed E-state index contributed by atoms with van der Waals surface area (Å²) in [7, 11) is 0. The largest absolute Gasteiger partial charge is 0.293 e. The molecule has 2 bridgehead atoms. The molecule has 3 heterocycles. The van der Waals surface area contributed by atoms with Crippen LogP contribution in [0.25, 0.3) is 0 Å². The van der Waals surface area contributed by atoms with Crippen molar-refractivity contribution in [3.05, 3.63) is 29.8 Å². The van der Waals surface area contributed by atoms with E-state index in [4.69, 9.17) is 0 Å². The molecule has 0 aromatic carbocycles. The first-order valence-corrected chi connectivity index (χ1v) is 5.70. The van der Waals surface area contributed by atoms with Gasteiger partial charge in [-0.1, -0.05) is 6.07 Å². The number of hydrogen-bond acceptors (Lipinski definition) is 2. The maximum atomic E-state index is 13.4. The van der Waals surface area contributed by atoms with Crippen LogP contribution in [0.5, 0.6) is 0 Å². The zero-order valence-corrected chi connectivity index (χ0v) is 8.69. The third-order valence-corrected chi connectivity index (χ3v) is 3.79. The molecule has 2 aliphatic rings. The smallest absolute Gasteiger partial charge is 0.217 e. The Morgan fingerprint density at radius 3 is 2.53 bits per heavy atom. The first-order valence-electron chi connectivity index (χ1n) is 5.70. The number of nitrogens with zero attached hydrogens (tertiary/aromatic N) is 2. The Morgan fingerprint density at radius 1 is 1.27 bits per heavy atom. The Labute approximate surface area is 89.1 Å². The van der Waals surface area contributed by atoms with Gasteiger partial charge in [0.2, 0.25) is 5.95 Å². The summed E-state index contributed by atoms with van der Waals surface area (Å²) in [6.45, 7) is 0.745. The molecule has 1 aromatic rings. The molecule has 3 rings (SSSR count). The third kappa shape index (κ3) is 1.55. The first kappa shape index (κ1) is 9.28. The summed E-state index contributed by atoms with van der Waals surface area (Å²) in [5, 5.41) is 0. The lowest BCUT2D eigenvalue weighted by atomic mass is 10.0. The van der Waals surface area contributed by atoms with Crippen LogP contribution in [0.3, 0.4) is 0 Å². The lowest BCUT2D eigenvalue weighted by molar-refractivity contribution is 0.239. The minimum atomic E-state index is -0.302. The van der Waals surface area contributed by atoms with Gasteiger partial charge >= 0.3 is 0 Å². The fraction of sp³-hybridized carbons (Fsp3) is 0.583. The molecular formula is C12H15FN2. The highest BCUT2D eigenvalue weighted by Crippen LogP contribution is 2.38. The van der Waals surface area contributed by atoms with E-state index in [0.717, 1.165) is 12.1 Å². The molecule has 2 nitrogen and oxygen atoms in total. The lowest BCUT2D eigenvalue weighted by Crippen LogP contribution is -2.28. The number of rotatable bonds is 2. The molecule has 0 atom stereocenters. The van der Waals surface area contributed by atoms with Gasteiger partial charge in [-0.25, -0.2) is 4.98 Å². The monoisotopic (exact) mass is 206 g/mol. The molecule has 0 aliphatic carbocycles. The van der Waals surface area contributed by atoms with Crippen molar-refractivity contribution in [1.29, 1.82) is 0 Å². The van der Waals surface area contributed by atoms with Crippen molar-refractivity contribution >= 4 is 0 Å². The zero-order chi connectivity index (χ0) is 10.3. The molecule has 2 saturated heterocycles. The molecule has 0 N–H and O–H groups in total. The second-order valence-corrected chi connectivity index (χ2v) is 4.59. The SMILES string of the molecule is Fc1ncccc1CN1C2CCC1CC2. The van der Waals surface area contributed by atoms with E-state index in [1.54, 1.807) is 0 Å². The molecule has 1 aromatic heterocycles. The van der Waals surface area contributed by atoms with Crippen LogP contribution >= 0.6 is 0 Å². The highest BCUT2D eigenvalue weighted by atomic mass is 19.1. The minimum absolute atomic E-state index is 0.302. The summed E-state index contributed by atoms with van der Waals surface area (Å²) in [4.78, 5) is 6.16. The number of pyridine rings is 1. The van der Waals surface area contributed by atoms with E-state index < -0.39 is 0 Å². The van der Waals surface area contributed by atoms with Crippen LogP contribution in [0.2, 0.25) is 0 Å². The summed E-state index contributed by atoms with van der Waals surface area (Å²) in [6.07, 6.45) is 6.70. The highest BCUT2D eigenvalue weighted by Gasteiger charge is 2.39. The maximum absolute atomic E-state index is 13.4. The molecule has 3 heteroatoms. The van der Waals surface area contributed by atoms with E-state index in [-0.39, 0.29) is 5.95 Å². The van der Waals surface area contributed by atoms with E-state index in [9.17, 15) is 4.39 Å². The van der Waals surface area contributed by atoms with Gasteiger partial charge in [0.25, 0.3) is 0 Å². The van der Waals surface area contributed by atoms with E-state index >= 15 is 0 Å². The van der Waals surface area contributed by atoms with Crippen LogP contribution in [0.15, 0.2) is 18.3 Å². The van der Waals surface area contributed by atoms with Crippen molar-refractivity contribution in [1.82, 2.24) is 9.88 Å². The lowest BCUT2D eigenvalue weighted by Gasteiger charge is -2.21. The summed E-state index contributed by atoms with van der Waals surface area (Å²) in [5.41, 5.74) is 0.747. The fourth-order valence-corrected chi connectivity index (χ4v) is 3.01.